The highest BCUT2D eigenvalue weighted by Crippen LogP contribution is 2.41. The molecule has 0 aliphatic carbocycles. The molecule has 2 amide bonds. The van der Waals surface area contributed by atoms with Crippen LogP contribution in [0, 0.1) is 0 Å². The van der Waals surface area contributed by atoms with Crippen LogP contribution in [-0.4, -0.2) is 30.3 Å². The van der Waals surface area contributed by atoms with Gasteiger partial charge in [-0.3, -0.25) is 9.59 Å². The number of alkyl halides is 9. The summed E-state index contributed by atoms with van der Waals surface area (Å²) < 4.78 is 134. The molecule has 1 unspecified atom stereocenters. The van der Waals surface area contributed by atoms with Gasteiger partial charge in [-0.05, 0) is 58.8 Å². The number of halogens is 12. The van der Waals surface area contributed by atoms with Gasteiger partial charge in [-0.15, -0.1) is 0 Å². The van der Waals surface area contributed by atoms with Gasteiger partial charge in [0.25, 0.3) is 5.91 Å². The molecule has 0 aliphatic rings. The molecule has 0 saturated carbocycles. The number of amides is 2. The fourth-order valence-corrected chi connectivity index (χ4v) is 3.75. The Morgan fingerprint density at radius 1 is 0.974 bits per heavy atom. The summed E-state index contributed by atoms with van der Waals surface area (Å²) in [5, 5.41) is 3.63. The first-order valence-electron chi connectivity index (χ1n) is 10.5. The topological polar surface area (TPSA) is 58.2 Å². The zero-order valence-corrected chi connectivity index (χ0v) is 21.6. The molecule has 0 radical (unpaired) electrons. The van der Waals surface area contributed by atoms with Crippen LogP contribution in [0.1, 0.15) is 46.3 Å². The molecule has 4 nitrogen and oxygen atoms in total. The van der Waals surface area contributed by atoms with Crippen molar-refractivity contribution in [1.82, 2.24) is 10.6 Å². The molecule has 2 atom stereocenters. The van der Waals surface area contributed by atoms with E-state index in [1.54, 1.807) is 5.32 Å². The molecule has 2 rings (SSSR count). The number of hydrogen-bond donors (Lipinski definition) is 2. The molecule has 0 heterocycles. The number of carbonyl (C=O) groups excluding carboxylic acids is 2. The van der Waals surface area contributed by atoms with Crippen molar-refractivity contribution < 1.29 is 53.5 Å². The molecule has 0 spiro atoms. The summed E-state index contributed by atoms with van der Waals surface area (Å²) in [5.74, 6) is -7.34. The second kappa shape index (κ2) is 12.1. The highest BCUT2D eigenvalue weighted by molar-refractivity contribution is 9.10. The van der Waals surface area contributed by atoms with Crippen LogP contribution in [0.15, 0.2) is 46.9 Å². The summed E-state index contributed by atoms with van der Waals surface area (Å²) in [6.45, 7) is 0.975. The molecule has 2 aromatic carbocycles. The van der Waals surface area contributed by atoms with E-state index in [1.165, 1.54) is 0 Å². The van der Waals surface area contributed by atoms with Gasteiger partial charge in [0.05, 0.1) is 22.3 Å². The van der Waals surface area contributed by atoms with Crippen LogP contribution in [0.5, 0.6) is 0 Å². The number of carbonyl (C=O) groups is 2. The van der Waals surface area contributed by atoms with Crippen LogP contribution in [0.2, 0.25) is 5.02 Å². The third-order valence-electron chi connectivity index (χ3n) is 4.90. The summed E-state index contributed by atoms with van der Waals surface area (Å²) in [5.41, 5.74) is -4.27. The Morgan fingerprint density at radius 3 is 2.10 bits per heavy atom. The van der Waals surface area contributed by atoms with E-state index in [2.05, 4.69) is 15.9 Å². The van der Waals surface area contributed by atoms with Crippen molar-refractivity contribution in [1.29, 1.82) is 0 Å². The van der Waals surface area contributed by atoms with E-state index < -0.39 is 76.9 Å². The van der Waals surface area contributed by atoms with E-state index in [1.807, 2.05) is 5.32 Å². The molecule has 0 aromatic heterocycles. The second-order valence-corrected chi connectivity index (χ2v) is 9.28. The van der Waals surface area contributed by atoms with Crippen molar-refractivity contribution in [3.63, 3.8) is 0 Å². The zero-order valence-electron chi connectivity index (χ0n) is 19.3. The van der Waals surface area contributed by atoms with Gasteiger partial charge < -0.3 is 10.6 Å². The number of benzene rings is 2. The number of nitrogens with one attached hydrogen (secondary N) is 2. The largest absolute Gasteiger partial charge is 0.417 e. The lowest BCUT2D eigenvalue weighted by molar-refractivity contribution is -0.154. The average molecular weight is 658 g/mol. The van der Waals surface area contributed by atoms with Crippen LogP contribution in [0.3, 0.4) is 0 Å². The SMILES string of the molecule is C[C@H](NC(=O)CC(F)(F)F)NC(=O)c1ccc(/C(F)=C/C(c2ccc(Cl)c(Br)c2)C(F)(F)F)cc1C(F)(F)F. The molecule has 2 N–H and O–H groups in total. The fourth-order valence-electron chi connectivity index (χ4n) is 3.24. The lowest BCUT2D eigenvalue weighted by Crippen LogP contribution is -2.47. The Kier molecular flexibility index (Phi) is 10.1. The van der Waals surface area contributed by atoms with Crippen molar-refractivity contribution in [3.8, 4) is 0 Å². The van der Waals surface area contributed by atoms with Crippen molar-refractivity contribution in [3.05, 3.63) is 74.2 Å². The van der Waals surface area contributed by atoms with Gasteiger partial charge >= 0.3 is 18.5 Å². The predicted molar refractivity (Wildman–Crippen MR) is 124 cm³/mol. The van der Waals surface area contributed by atoms with Crippen molar-refractivity contribution in [2.45, 2.75) is 44.0 Å². The third-order valence-corrected chi connectivity index (χ3v) is 6.11. The molecule has 16 heteroatoms. The van der Waals surface area contributed by atoms with Crippen LogP contribution < -0.4 is 10.6 Å². The van der Waals surface area contributed by atoms with Crippen molar-refractivity contribution >= 4 is 45.2 Å². The second-order valence-electron chi connectivity index (χ2n) is 8.02. The Balaban J connectivity index is 2.40. The fraction of sp³-hybridized carbons (Fsp3) is 0.304. The maximum atomic E-state index is 14.9. The Bertz CT molecular complexity index is 1260. The summed E-state index contributed by atoms with van der Waals surface area (Å²) in [6, 6.07) is 4.23. The Morgan fingerprint density at radius 2 is 1.59 bits per heavy atom. The van der Waals surface area contributed by atoms with E-state index >= 15 is 0 Å². The Hall–Kier alpha value is -2.81. The van der Waals surface area contributed by atoms with E-state index in [0.29, 0.717) is 12.1 Å². The summed E-state index contributed by atoms with van der Waals surface area (Å²) in [6.07, 6.45) is -18.6. The van der Waals surface area contributed by atoms with Crippen LogP contribution in [0.25, 0.3) is 5.83 Å². The van der Waals surface area contributed by atoms with Gasteiger partial charge in [-0.1, -0.05) is 23.7 Å². The van der Waals surface area contributed by atoms with Crippen LogP contribution in [0.4, 0.5) is 43.9 Å². The lowest BCUT2D eigenvalue weighted by Gasteiger charge is -2.20. The minimum atomic E-state index is -5.30. The van der Waals surface area contributed by atoms with Gasteiger partial charge in [0.15, 0.2) is 0 Å². The molecule has 0 bridgehead atoms. The number of rotatable bonds is 7. The van der Waals surface area contributed by atoms with Crippen LogP contribution in [-0.2, 0) is 11.0 Å². The molecule has 39 heavy (non-hydrogen) atoms. The molecular formula is C23H16BrClF10N2O2. The number of allylic oxidation sites excluding steroid dienone is 1. The first-order chi connectivity index (χ1) is 17.7. The lowest BCUT2D eigenvalue weighted by atomic mass is 9.95. The van der Waals surface area contributed by atoms with Gasteiger partial charge in [0.1, 0.15) is 18.2 Å². The Labute approximate surface area is 227 Å². The average Bonchev–Trinajstić information content (AvgIpc) is 2.76. The third kappa shape index (κ3) is 9.41. The molecule has 0 fully saturated rings. The van der Waals surface area contributed by atoms with Gasteiger partial charge in [-0.25, -0.2) is 4.39 Å². The van der Waals surface area contributed by atoms with E-state index in [0.717, 1.165) is 25.1 Å². The first-order valence-corrected chi connectivity index (χ1v) is 11.6. The van der Waals surface area contributed by atoms with Gasteiger partial charge in [-0.2, -0.15) is 39.5 Å². The van der Waals surface area contributed by atoms with E-state index in [4.69, 9.17) is 11.6 Å². The van der Waals surface area contributed by atoms with Gasteiger partial charge in [0.2, 0.25) is 5.91 Å². The minimum Gasteiger partial charge on any atom is -0.336 e. The molecule has 214 valence electrons. The first kappa shape index (κ1) is 32.4. The highest BCUT2D eigenvalue weighted by atomic mass is 79.9. The van der Waals surface area contributed by atoms with E-state index in [-0.39, 0.29) is 21.6 Å². The number of hydrogen-bond acceptors (Lipinski definition) is 2. The molecule has 0 saturated heterocycles. The molecule has 2 aromatic rings. The quantitative estimate of drug-likeness (QED) is 0.235. The smallest absolute Gasteiger partial charge is 0.336 e. The van der Waals surface area contributed by atoms with E-state index in [9.17, 15) is 53.5 Å². The normalized spacial score (nSPS) is 14.5. The maximum Gasteiger partial charge on any atom is 0.417 e. The summed E-state index contributed by atoms with van der Waals surface area (Å²) >= 11 is 8.70. The maximum absolute atomic E-state index is 14.9. The van der Waals surface area contributed by atoms with Crippen molar-refractivity contribution in [2.75, 3.05) is 0 Å². The summed E-state index contributed by atoms with van der Waals surface area (Å²) in [7, 11) is 0. The predicted octanol–water partition coefficient (Wildman–Crippen LogP) is 7.92. The molecular weight excluding hydrogens is 642 g/mol. The zero-order chi connectivity index (χ0) is 29.9. The monoisotopic (exact) mass is 656 g/mol. The van der Waals surface area contributed by atoms with Crippen molar-refractivity contribution in [2.24, 2.45) is 0 Å². The highest BCUT2D eigenvalue weighted by Gasteiger charge is 2.41. The van der Waals surface area contributed by atoms with Gasteiger partial charge in [0, 0.05) is 10.0 Å². The summed E-state index contributed by atoms with van der Waals surface area (Å²) in [4.78, 5) is 23.7. The van der Waals surface area contributed by atoms with Crippen LogP contribution >= 0.6 is 27.5 Å². The standard InChI is InChI=1S/C23H16BrClF10N2O2/c1-10(36-19(38)9-21(27,28)29)37-20(39)13-4-2-12(6-15(13)23(33,34)35)18(26)8-14(22(30,31)32)11-3-5-17(25)16(24)7-11/h2-8,10,14H,9H2,1H3,(H,36,38)(H,37,39)/b18-8-/t10-,14?/m1/s1. The minimum absolute atomic E-state index is 0.0575. The molecule has 0 aliphatic heterocycles.